The van der Waals surface area contributed by atoms with E-state index >= 15 is 0 Å². The third-order valence-corrected chi connectivity index (χ3v) is 3.32. The van der Waals surface area contributed by atoms with E-state index in [9.17, 15) is 9.59 Å². The molecule has 0 spiro atoms. The van der Waals surface area contributed by atoms with E-state index in [-0.39, 0.29) is 24.9 Å². The fraction of sp³-hybridized carbons (Fsp3) is 0.846. The molecule has 1 aliphatic heterocycles. The van der Waals surface area contributed by atoms with Crippen molar-refractivity contribution >= 4 is 11.9 Å². The highest BCUT2D eigenvalue weighted by Gasteiger charge is 2.38. The molecule has 1 amide bonds. The van der Waals surface area contributed by atoms with Crippen molar-refractivity contribution in [3.63, 3.8) is 0 Å². The molecular formula is C13H24N2O4. The third-order valence-electron chi connectivity index (χ3n) is 3.32. The van der Waals surface area contributed by atoms with Crippen molar-refractivity contribution in [1.82, 2.24) is 5.32 Å². The van der Waals surface area contributed by atoms with Crippen LogP contribution in [-0.4, -0.2) is 42.3 Å². The van der Waals surface area contributed by atoms with E-state index in [1.165, 1.54) is 0 Å². The number of nitrogens with two attached hydrogens (primary N) is 1. The molecule has 1 aliphatic rings. The minimum absolute atomic E-state index is 0.0620. The largest absolute Gasteiger partial charge is 0.481 e. The fourth-order valence-corrected chi connectivity index (χ4v) is 2.33. The summed E-state index contributed by atoms with van der Waals surface area (Å²) in [6.07, 6.45) is 1.33. The van der Waals surface area contributed by atoms with Crippen molar-refractivity contribution in [1.29, 1.82) is 0 Å². The topological polar surface area (TPSA) is 102 Å². The maximum Gasteiger partial charge on any atom is 0.303 e. The van der Waals surface area contributed by atoms with Gasteiger partial charge in [-0.25, -0.2) is 0 Å². The second-order valence-electron chi connectivity index (χ2n) is 5.76. The molecule has 1 saturated heterocycles. The number of hydrogen-bond acceptors (Lipinski definition) is 4. The molecule has 2 atom stereocenters. The van der Waals surface area contributed by atoms with E-state index in [4.69, 9.17) is 15.6 Å². The van der Waals surface area contributed by atoms with Crippen LogP contribution in [0.2, 0.25) is 0 Å². The van der Waals surface area contributed by atoms with Gasteiger partial charge in [0.25, 0.3) is 0 Å². The Morgan fingerprint density at radius 1 is 1.47 bits per heavy atom. The summed E-state index contributed by atoms with van der Waals surface area (Å²) in [4.78, 5) is 22.8. The number of aliphatic carboxylic acids is 1. The summed E-state index contributed by atoms with van der Waals surface area (Å²) in [6.45, 7) is 5.14. The van der Waals surface area contributed by atoms with Gasteiger partial charge in [-0.2, -0.15) is 0 Å². The smallest absolute Gasteiger partial charge is 0.303 e. The number of carboxylic acid groups (broad SMARTS) is 1. The molecule has 1 heterocycles. The van der Waals surface area contributed by atoms with Crippen LogP contribution >= 0.6 is 0 Å². The Bertz CT molecular complexity index is 325. The first-order valence-corrected chi connectivity index (χ1v) is 6.70. The summed E-state index contributed by atoms with van der Waals surface area (Å²) < 4.78 is 5.14. The van der Waals surface area contributed by atoms with Gasteiger partial charge in [-0.3, -0.25) is 9.59 Å². The molecule has 110 valence electrons. The van der Waals surface area contributed by atoms with Crippen LogP contribution < -0.4 is 11.1 Å². The molecule has 4 N–H and O–H groups in total. The number of ether oxygens (including phenoxy) is 1. The second-order valence-corrected chi connectivity index (χ2v) is 5.76. The van der Waals surface area contributed by atoms with Crippen molar-refractivity contribution < 1.29 is 19.4 Å². The molecule has 0 bridgehead atoms. The highest BCUT2D eigenvalue weighted by molar-refractivity contribution is 5.86. The first kappa shape index (κ1) is 15.9. The summed E-state index contributed by atoms with van der Waals surface area (Å²) in [5.41, 5.74) is 4.99. The molecule has 0 radical (unpaired) electrons. The summed E-state index contributed by atoms with van der Waals surface area (Å²) in [6, 6.07) is 0. The molecular weight excluding hydrogens is 248 g/mol. The highest BCUT2D eigenvalue weighted by Crippen LogP contribution is 2.17. The minimum Gasteiger partial charge on any atom is -0.481 e. The molecule has 0 aliphatic carbocycles. The van der Waals surface area contributed by atoms with Gasteiger partial charge in [0.15, 0.2) is 0 Å². The number of carbonyl (C=O) groups excluding carboxylic acids is 1. The molecule has 0 aromatic heterocycles. The maximum absolute atomic E-state index is 12.0. The van der Waals surface area contributed by atoms with Gasteiger partial charge in [-0.15, -0.1) is 0 Å². The normalized spacial score (nSPS) is 24.4. The number of nitrogens with one attached hydrogen (secondary N) is 1. The lowest BCUT2D eigenvalue weighted by Crippen LogP contribution is -2.55. The zero-order chi connectivity index (χ0) is 14.5. The van der Waals surface area contributed by atoms with E-state index in [1.54, 1.807) is 0 Å². The predicted molar refractivity (Wildman–Crippen MR) is 70.6 cm³/mol. The van der Waals surface area contributed by atoms with E-state index in [0.29, 0.717) is 25.5 Å². The molecule has 1 rings (SSSR count). The predicted octanol–water partition coefficient (Wildman–Crippen LogP) is 0.357. The van der Waals surface area contributed by atoms with Gasteiger partial charge in [0, 0.05) is 19.6 Å². The molecule has 0 aromatic rings. The molecule has 6 nitrogen and oxygen atoms in total. The van der Waals surface area contributed by atoms with Crippen LogP contribution in [0.1, 0.15) is 33.1 Å². The Labute approximate surface area is 113 Å². The van der Waals surface area contributed by atoms with Gasteiger partial charge in [-0.1, -0.05) is 13.8 Å². The molecule has 1 unspecified atom stereocenters. The van der Waals surface area contributed by atoms with Gasteiger partial charge < -0.3 is 20.9 Å². The average molecular weight is 272 g/mol. The van der Waals surface area contributed by atoms with Gasteiger partial charge in [0.05, 0.1) is 6.61 Å². The summed E-state index contributed by atoms with van der Waals surface area (Å²) in [7, 11) is 0. The number of rotatable bonds is 7. The SMILES string of the molecule is CC(C)C[C@H](CNC(=O)C1(N)CCOC1)CC(=O)O. The van der Waals surface area contributed by atoms with Gasteiger partial charge >= 0.3 is 5.97 Å². The maximum atomic E-state index is 12.0. The zero-order valence-electron chi connectivity index (χ0n) is 11.6. The Balaban J connectivity index is 2.46. The number of carbonyl (C=O) groups is 2. The van der Waals surface area contributed by atoms with Crippen LogP contribution in [0, 0.1) is 11.8 Å². The number of amides is 1. The number of hydrogen-bond donors (Lipinski definition) is 3. The van der Waals surface area contributed by atoms with Crippen molar-refractivity contribution in [2.75, 3.05) is 19.8 Å². The quantitative estimate of drug-likeness (QED) is 0.621. The van der Waals surface area contributed by atoms with Crippen molar-refractivity contribution in [2.45, 2.75) is 38.6 Å². The van der Waals surface area contributed by atoms with Crippen molar-refractivity contribution in [2.24, 2.45) is 17.6 Å². The first-order valence-electron chi connectivity index (χ1n) is 6.70. The molecule has 1 fully saturated rings. The number of carboxylic acids is 1. The van der Waals surface area contributed by atoms with E-state index < -0.39 is 11.5 Å². The van der Waals surface area contributed by atoms with Crippen LogP contribution in [0.4, 0.5) is 0 Å². The lowest BCUT2D eigenvalue weighted by molar-refractivity contribution is -0.138. The van der Waals surface area contributed by atoms with Gasteiger partial charge in [0.2, 0.25) is 5.91 Å². The monoisotopic (exact) mass is 272 g/mol. The second kappa shape index (κ2) is 6.86. The van der Waals surface area contributed by atoms with Crippen LogP contribution in [0.3, 0.4) is 0 Å². The van der Waals surface area contributed by atoms with Crippen LogP contribution in [0.25, 0.3) is 0 Å². The third kappa shape index (κ3) is 5.16. The van der Waals surface area contributed by atoms with E-state index in [0.717, 1.165) is 6.42 Å². The lowest BCUT2D eigenvalue weighted by Gasteiger charge is -2.23. The van der Waals surface area contributed by atoms with Crippen molar-refractivity contribution in [3.8, 4) is 0 Å². The Hall–Kier alpha value is -1.14. The summed E-state index contributed by atoms with van der Waals surface area (Å²) in [5.74, 6) is -0.758. The van der Waals surface area contributed by atoms with Gasteiger partial charge in [-0.05, 0) is 24.7 Å². The Morgan fingerprint density at radius 3 is 2.63 bits per heavy atom. The first-order chi connectivity index (χ1) is 8.83. The molecule has 19 heavy (non-hydrogen) atoms. The van der Waals surface area contributed by atoms with Gasteiger partial charge in [0.1, 0.15) is 5.54 Å². The van der Waals surface area contributed by atoms with Crippen molar-refractivity contribution in [3.05, 3.63) is 0 Å². The molecule has 0 saturated carbocycles. The minimum atomic E-state index is -0.953. The zero-order valence-corrected chi connectivity index (χ0v) is 11.6. The molecule has 0 aromatic carbocycles. The van der Waals surface area contributed by atoms with Crippen LogP contribution in [0.5, 0.6) is 0 Å². The van der Waals surface area contributed by atoms with Crippen LogP contribution in [0.15, 0.2) is 0 Å². The Kier molecular flexibility index (Phi) is 5.75. The van der Waals surface area contributed by atoms with E-state index in [2.05, 4.69) is 5.32 Å². The standard InChI is InChI=1S/C13H24N2O4/c1-9(2)5-10(6-11(16)17)7-15-12(18)13(14)3-4-19-8-13/h9-10H,3-8,14H2,1-2H3,(H,15,18)(H,16,17)/t10-,13?/m0/s1. The summed E-state index contributed by atoms with van der Waals surface area (Å²) in [5, 5.41) is 11.6. The summed E-state index contributed by atoms with van der Waals surface area (Å²) >= 11 is 0. The lowest BCUT2D eigenvalue weighted by atomic mass is 9.93. The Morgan fingerprint density at radius 2 is 2.16 bits per heavy atom. The fourth-order valence-electron chi connectivity index (χ4n) is 2.33. The van der Waals surface area contributed by atoms with Crippen LogP contribution in [-0.2, 0) is 14.3 Å². The van der Waals surface area contributed by atoms with E-state index in [1.807, 2.05) is 13.8 Å². The highest BCUT2D eigenvalue weighted by atomic mass is 16.5. The average Bonchev–Trinajstić information content (AvgIpc) is 2.72. The molecule has 6 heteroatoms.